The molecule has 11 heteroatoms. The molecule has 2 aromatic carbocycles. The van der Waals surface area contributed by atoms with Crippen LogP contribution in [0.3, 0.4) is 0 Å². The monoisotopic (exact) mass is 592 g/mol. The topological polar surface area (TPSA) is 105 Å². The molecular formula is C22H18BrNaO5S4. The van der Waals surface area contributed by atoms with Gasteiger partial charge in [-0.15, -0.1) is 35.3 Å². The molecule has 0 radical (unpaired) electrons. The van der Waals surface area contributed by atoms with E-state index >= 15 is 0 Å². The fraction of sp³-hybridized carbons (Fsp3) is 0. The Kier molecular flexibility index (Phi) is 16.8. The van der Waals surface area contributed by atoms with Crippen LogP contribution in [0.25, 0.3) is 0 Å². The molecule has 0 aliphatic heterocycles. The van der Waals surface area contributed by atoms with Crippen molar-refractivity contribution in [3.8, 4) is 11.5 Å². The minimum Gasteiger partial charge on any atom is -0.870 e. The van der Waals surface area contributed by atoms with Crippen molar-refractivity contribution in [2.45, 2.75) is 14.7 Å². The van der Waals surface area contributed by atoms with Crippen molar-refractivity contribution >= 4 is 75.6 Å². The Morgan fingerprint density at radius 2 is 1.27 bits per heavy atom. The molecular weight excluding hydrogens is 575 g/mol. The zero-order valence-corrected chi connectivity index (χ0v) is 24.2. The molecule has 0 fully saturated rings. The van der Waals surface area contributed by atoms with Gasteiger partial charge in [0.15, 0.2) is 12.6 Å². The minimum atomic E-state index is 0. The summed E-state index contributed by atoms with van der Waals surface area (Å²) in [5.74, 6) is 0.531. The molecule has 0 aliphatic rings. The van der Waals surface area contributed by atoms with Gasteiger partial charge in [-0.3, -0.25) is 9.59 Å². The first kappa shape index (κ1) is 31.9. The van der Waals surface area contributed by atoms with Crippen molar-refractivity contribution in [1.82, 2.24) is 0 Å². The van der Waals surface area contributed by atoms with Crippen LogP contribution in [0, 0.1) is 0 Å². The Morgan fingerprint density at radius 1 is 0.788 bits per heavy atom. The van der Waals surface area contributed by atoms with Crippen LogP contribution in [0.4, 0.5) is 0 Å². The maximum Gasteiger partial charge on any atom is 1.00 e. The molecule has 3 N–H and O–H groups in total. The summed E-state index contributed by atoms with van der Waals surface area (Å²) in [5.41, 5.74) is 0. The number of carbonyl (C=O) groups is 2. The number of aromatic hydroxyl groups is 2. The van der Waals surface area contributed by atoms with E-state index in [0.717, 1.165) is 41.5 Å². The second-order valence-corrected chi connectivity index (χ2v) is 10.0. The zero-order chi connectivity index (χ0) is 22.6. The molecule has 4 aromatic rings. The third kappa shape index (κ3) is 11.7. The van der Waals surface area contributed by atoms with Gasteiger partial charge in [-0.2, -0.15) is 0 Å². The first-order valence-corrected chi connectivity index (χ1v) is 12.4. The molecule has 0 atom stereocenters. The molecule has 0 saturated heterocycles. The molecule has 0 bridgehead atoms. The molecule has 0 amide bonds. The summed E-state index contributed by atoms with van der Waals surface area (Å²) in [5, 5.41) is 21.6. The van der Waals surface area contributed by atoms with Crippen LogP contribution < -0.4 is 29.6 Å². The summed E-state index contributed by atoms with van der Waals surface area (Å²) in [6, 6.07) is 17.4. The van der Waals surface area contributed by atoms with Crippen LogP contribution in [0.2, 0.25) is 0 Å². The third-order valence-corrected chi connectivity index (χ3v) is 7.58. The van der Waals surface area contributed by atoms with Crippen molar-refractivity contribution in [3.05, 3.63) is 85.7 Å². The number of phenols is 2. The van der Waals surface area contributed by atoms with Crippen LogP contribution in [0.15, 0.2) is 90.6 Å². The molecule has 0 spiro atoms. The quantitative estimate of drug-likeness (QED) is 0.186. The number of hydrogen-bond donors (Lipinski definition) is 3. The van der Waals surface area contributed by atoms with Crippen molar-refractivity contribution < 1.29 is 54.8 Å². The summed E-state index contributed by atoms with van der Waals surface area (Å²) in [6.45, 7) is 0. The van der Waals surface area contributed by atoms with E-state index in [9.17, 15) is 9.59 Å². The standard InChI is InChI=1S/C11H8O2S2.C6H6OS.C5H3BrOS.Na.H2O/c12-7-11-10(5-6-14-11)15-9-3-1-8(13)2-4-9;7-5-1-3-6(8)4-2-5;6-4-1-2-8-5(4)3-7;;/h1-7,13H;1-4,7-8H;1-3H;;1H2/q;;;+1;/p-1. The predicted molar refractivity (Wildman–Crippen MR) is 137 cm³/mol. The van der Waals surface area contributed by atoms with Gasteiger partial charge in [0.05, 0.1) is 9.75 Å². The van der Waals surface area contributed by atoms with E-state index in [4.69, 9.17) is 10.2 Å². The molecule has 0 aliphatic carbocycles. The molecule has 168 valence electrons. The maximum absolute atomic E-state index is 10.7. The average molecular weight is 594 g/mol. The third-order valence-electron chi connectivity index (χ3n) is 3.43. The molecule has 0 unspecified atom stereocenters. The van der Waals surface area contributed by atoms with Gasteiger partial charge in [0.1, 0.15) is 11.5 Å². The first-order chi connectivity index (χ1) is 14.9. The Labute approximate surface area is 240 Å². The van der Waals surface area contributed by atoms with Crippen molar-refractivity contribution in [1.29, 1.82) is 0 Å². The number of benzene rings is 2. The van der Waals surface area contributed by atoms with Gasteiger partial charge in [-0.1, -0.05) is 11.8 Å². The Morgan fingerprint density at radius 3 is 1.70 bits per heavy atom. The normalized spacial score (nSPS) is 9.03. The van der Waals surface area contributed by atoms with Crippen LogP contribution in [-0.2, 0) is 0 Å². The van der Waals surface area contributed by atoms with Crippen molar-refractivity contribution in [2.75, 3.05) is 0 Å². The van der Waals surface area contributed by atoms with Gasteiger partial charge in [-0.25, -0.2) is 0 Å². The number of halogens is 1. The van der Waals surface area contributed by atoms with Gasteiger partial charge < -0.3 is 15.7 Å². The van der Waals surface area contributed by atoms with E-state index in [1.807, 2.05) is 35.0 Å². The number of carbonyl (C=O) groups excluding carboxylic acids is 2. The first-order valence-electron chi connectivity index (χ1n) is 8.58. The van der Waals surface area contributed by atoms with E-state index in [1.165, 1.54) is 34.4 Å². The number of rotatable bonds is 4. The number of thiophene rings is 2. The molecule has 0 saturated carbocycles. The fourth-order valence-corrected chi connectivity index (χ4v) is 5.14. The molecule has 2 aromatic heterocycles. The van der Waals surface area contributed by atoms with Gasteiger partial charge in [0, 0.05) is 19.2 Å². The summed E-state index contributed by atoms with van der Waals surface area (Å²) in [7, 11) is 0. The van der Waals surface area contributed by atoms with Crippen molar-refractivity contribution in [2.24, 2.45) is 0 Å². The van der Waals surface area contributed by atoms with Crippen LogP contribution in [0.5, 0.6) is 11.5 Å². The SMILES string of the molecule is O=Cc1sccc1Br.O=Cc1sccc1Sc1ccc(O)cc1.Oc1ccc(S)cc1.[Na+].[OH-]. The summed E-state index contributed by atoms with van der Waals surface area (Å²) in [4.78, 5) is 25.1. The Balaban J connectivity index is 0.000000489. The van der Waals surface area contributed by atoms with E-state index in [0.29, 0.717) is 0 Å². The fourth-order valence-electron chi connectivity index (χ4n) is 1.96. The maximum atomic E-state index is 10.7. The number of phenolic OH excluding ortho intramolecular Hbond substituents is 2. The number of thiol groups is 1. The largest absolute Gasteiger partial charge is 1.00 e. The molecule has 33 heavy (non-hydrogen) atoms. The van der Waals surface area contributed by atoms with Crippen LogP contribution in [-0.4, -0.2) is 28.3 Å². The van der Waals surface area contributed by atoms with Gasteiger partial charge in [-0.05, 0) is 87.4 Å². The smallest absolute Gasteiger partial charge is 0.870 e. The average Bonchev–Trinajstić information content (AvgIpc) is 3.41. The van der Waals surface area contributed by atoms with E-state index in [2.05, 4.69) is 28.6 Å². The number of aldehydes is 2. The predicted octanol–water partition coefficient (Wildman–Crippen LogP) is 4.25. The summed E-state index contributed by atoms with van der Waals surface area (Å²) >= 11 is 11.6. The molecule has 4 rings (SSSR count). The van der Waals surface area contributed by atoms with Crippen LogP contribution >= 0.6 is 63.0 Å². The minimum absolute atomic E-state index is 0. The van der Waals surface area contributed by atoms with E-state index in [-0.39, 0.29) is 46.5 Å². The van der Waals surface area contributed by atoms with Gasteiger partial charge >= 0.3 is 29.6 Å². The summed E-state index contributed by atoms with van der Waals surface area (Å²) in [6.07, 6.45) is 1.71. The van der Waals surface area contributed by atoms with Gasteiger partial charge in [0.25, 0.3) is 0 Å². The Bertz CT molecular complexity index is 1080. The van der Waals surface area contributed by atoms with E-state index < -0.39 is 0 Å². The molecule has 2 heterocycles. The number of hydrogen-bond acceptors (Lipinski definition) is 9. The molecule has 5 nitrogen and oxygen atoms in total. The second kappa shape index (κ2) is 17.4. The van der Waals surface area contributed by atoms with Crippen molar-refractivity contribution in [3.63, 3.8) is 0 Å². The van der Waals surface area contributed by atoms with Crippen LogP contribution in [0.1, 0.15) is 19.3 Å². The second-order valence-electron chi connectivity index (χ2n) is 5.63. The summed E-state index contributed by atoms with van der Waals surface area (Å²) < 4.78 is 0.887. The zero-order valence-electron chi connectivity index (χ0n) is 17.3. The van der Waals surface area contributed by atoms with E-state index in [1.54, 1.807) is 36.4 Å². The Hall–Kier alpha value is -1.08. The van der Waals surface area contributed by atoms with Gasteiger partial charge in [0.2, 0.25) is 0 Å².